The first kappa shape index (κ1) is 30.1. The van der Waals surface area contributed by atoms with Gasteiger partial charge in [0.2, 0.25) is 0 Å². The third-order valence-corrected chi connectivity index (χ3v) is 5.05. The molecule has 0 fully saturated rings. The molecule has 0 aromatic heterocycles. The van der Waals surface area contributed by atoms with Crippen LogP contribution in [0.4, 0.5) is 0 Å². The molecule has 38 heavy (non-hydrogen) atoms. The second-order valence-corrected chi connectivity index (χ2v) is 7.65. The van der Waals surface area contributed by atoms with Gasteiger partial charge in [-0.25, -0.2) is 4.79 Å². The summed E-state index contributed by atoms with van der Waals surface area (Å²) in [5.41, 5.74) is 2.11. The Kier molecular flexibility index (Phi) is 13.8. The minimum atomic E-state index is -0.632. The maximum Gasteiger partial charge on any atom is 0.332 e. The molecule has 1 N–H and O–H groups in total. The van der Waals surface area contributed by atoms with Crippen LogP contribution in [0, 0.1) is 11.3 Å². The van der Waals surface area contributed by atoms with Crippen molar-refractivity contribution in [3.8, 4) is 23.3 Å². The number of carbonyl (C=O) groups excluding carboxylic acids is 1. The van der Waals surface area contributed by atoms with Crippen LogP contribution in [0.3, 0.4) is 0 Å². The Morgan fingerprint density at radius 3 is 1.87 bits per heavy atom. The fourth-order valence-corrected chi connectivity index (χ4v) is 3.25. The molecule has 0 radical (unpaired) electrons. The number of nitrogens with zero attached hydrogens (tertiary/aromatic N) is 1. The molecule has 0 unspecified atom stereocenters. The predicted octanol–water partition coefficient (Wildman–Crippen LogP) is 3.93. The summed E-state index contributed by atoms with van der Waals surface area (Å²) in [6, 6.07) is 24.3. The van der Waals surface area contributed by atoms with Crippen molar-refractivity contribution in [3.63, 3.8) is 0 Å². The van der Waals surface area contributed by atoms with Crippen molar-refractivity contribution in [2.45, 2.75) is 6.10 Å². The molecule has 0 saturated carbocycles. The molecular formula is C29H33NO8. The van der Waals surface area contributed by atoms with Gasteiger partial charge in [-0.3, -0.25) is 0 Å². The predicted molar refractivity (Wildman–Crippen MR) is 140 cm³/mol. The minimum Gasteiger partial charge on any atom is -0.497 e. The summed E-state index contributed by atoms with van der Waals surface area (Å²) in [7, 11) is 4.70. The Bertz CT molecular complexity index is 1090. The van der Waals surface area contributed by atoms with E-state index in [1.165, 1.54) is 7.11 Å². The Morgan fingerprint density at radius 1 is 0.842 bits per heavy atom. The molecule has 9 nitrogen and oxygen atoms in total. The van der Waals surface area contributed by atoms with Gasteiger partial charge < -0.3 is 33.5 Å². The molecule has 0 atom stereocenters. The van der Waals surface area contributed by atoms with E-state index in [0.29, 0.717) is 49.2 Å². The first-order valence-electron chi connectivity index (χ1n) is 11.8. The second kappa shape index (κ2) is 17.4. The molecule has 0 saturated heterocycles. The average Bonchev–Trinajstić information content (AvgIpc) is 2.97. The van der Waals surface area contributed by atoms with Gasteiger partial charge in [-0.1, -0.05) is 60.7 Å². The average molecular weight is 524 g/mol. The summed E-state index contributed by atoms with van der Waals surface area (Å²) in [5, 5.41) is 18.0. The Labute approximate surface area is 223 Å². The lowest BCUT2D eigenvalue weighted by molar-refractivity contribution is -0.150. The van der Waals surface area contributed by atoms with Gasteiger partial charge in [0.25, 0.3) is 0 Å². The zero-order chi connectivity index (χ0) is 27.6. The van der Waals surface area contributed by atoms with Crippen LogP contribution >= 0.6 is 0 Å². The van der Waals surface area contributed by atoms with E-state index >= 15 is 0 Å². The largest absolute Gasteiger partial charge is 0.497 e. The van der Waals surface area contributed by atoms with Gasteiger partial charge >= 0.3 is 5.97 Å². The summed E-state index contributed by atoms with van der Waals surface area (Å²) in [4.78, 5) is 11.3. The normalized spacial score (nSPS) is 10.1. The van der Waals surface area contributed by atoms with E-state index in [2.05, 4.69) is 6.07 Å². The van der Waals surface area contributed by atoms with Gasteiger partial charge in [-0.2, -0.15) is 5.26 Å². The van der Waals surface area contributed by atoms with E-state index in [9.17, 15) is 10.1 Å². The number of aliphatic hydroxyl groups is 1. The number of methoxy groups -OCH3 is 3. The van der Waals surface area contributed by atoms with Gasteiger partial charge in [-0.05, 0) is 11.1 Å². The SMILES string of the molecule is COCCOc1cc(OC)cc(C#N)c1OCCOC.O=C(CO)OC(c1ccccc1)c1ccccc1. The van der Waals surface area contributed by atoms with Crippen molar-refractivity contribution < 1.29 is 38.3 Å². The third-order valence-electron chi connectivity index (χ3n) is 5.05. The molecule has 0 aliphatic rings. The van der Waals surface area contributed by atoms with Gasteiger partial charge in [0.15, 0.2) is 17.6 Å². The van der Waals surface area contributed by atoms with Crippen LogP contribution in [-0.4, -0.2) is 65.4 Å². The number of aliphatic hydroxyl groups excluding tert-OH is 1. The van der Waals surface area contributed by atoms with Crippen LogP contribution in [0.15, 0.2) is 72.8 Å². The van der Waals surface area contributed by atoms with E-state index in [1.807, 2.05) is 60.7 Å². The van der Waals surface area contributed by atoms with Crippen LogP contribution in [0.2, 0.25) is 0 Å². The third kappa shape index (κ3) is 9.75. The molecule has 0 amide bonds. The van der Waals surface area contributed by atoms with Crippen LogP contribution < -0.4 is 14.2 Å². The molecule has 0 aliphatic carbocycles. The lowest BCUT2D eigenvalue weighted by Gasteiger charge is -2.18. The maximum absolute atomic E-state index is 11.3. The summed E-state index contributed by atoms with van der Waals surface area (Å²) >= 11 is 0. The number of nitriles is 1. The second-order valence-electron chi connectivity index (χ2n) is 7.65. The van der Waals surface area contributed by atoms with Crippen LogP contribution in [-0.2, 0) is 19.0 Å². The molecule has 0 spiro atoms. The highest BCUT2D eigenvalue weighted by atomic mass is 16.6. The monoisotopic (exact) mass is 523 g/mol. The number of carbonyl (C=O) groups is 1. The first-order chi connectivity index (χ1) is 18.6. The molecule has 202 valence electrons. The fraction of sp³-hybridized carbons (Fsp3) is 0.310. The number of rotatable bonds is 13. The Morgan fingerprint density at radius 2 is 1.39 bits per heavy atom. The molecule has 0 heterocycles. The zero-order valence-electron chi connectivity index (χ0n) is 21.8. The highest BCUT2D eigenvalue weighted by Gasteiger charge is 2.18. The van der Waals surface area contributed by atoms with E-state index in [0.717, 1.165) is 11.1 Å². The molecule has 9 heteroatoms. The van der Waals surface area contributed by atoms with Gasteiger partial charge in [0.05, 0.1) is 20.3 Å². The van der Waals surface area contributed by atoms with Crippen LogP contribution in [0.5, 0.6) is 17.2 Å². The highest BCUT2D eigenvalue weighted by molar-refractivity contribution is 5.71. The molecule has 0 aliphatic heterocycles. The number of ether oxygens (including phenoxy) is 6. The smallest absolute Gasteiger partial charge is 0.332 e. The van der Waals surface area contributed by atoms with Crippen molar-refractivity contribution in [1.82, 2.24) is 0 Å². The lowest BCUT2D eigenvalue weighted by Crippen LogP contribution is -2.15. The van der Waals surface area contributed by atoms with Gasteiger partial charge in [0.1, 0.15) is 37.2 Å². The summed E-state index contributed by atoms with van der Waals surface area (Å²) in [6.07, 6.45) is -0.480. The van der Waals surface area contributed by atoms with Gasteiger partial charge in [-0.15, -0.1) is 0 Å². The Hall–Kier alpha value is -4.10. The van der Waals surface area contributed by atoms with E-state index in [1.54, 1.807) is 26.4 Å². The lowest BCUT2D eigenvalue weighted by atomic mass is 10.0. The summed E-state index contributed by atoms with van der Waals surface area (Å²) in [6.45, 7) is 0.939. The number of hydrogen-bond donors (Lipinski definition) is 1. The maximum atomic E-state index is 11.3. The molecule has 0 bridgehead atoms. The minimum absolute atomic E-state index is 0.331. The van der Waals surface area contributed by atoms with Crippen molar-refractivity contribution in [1.29, 1.82) is 5.26 Å². The molecule has 3 rings (SSSR count). The molecule has 3 aromatic carbocycles. The quantitative estimate of drug-likeness (QED) is 0.263. The topological polar surface area (TPSA) is 116 Å². The standard InChI is InChI=1S/C15H14O3.C14H19NO5/c16-11-14(17)18-15(12-7-3-1-4-8-12)13-9-5-2-6-10-13;1-16-4-6-19-13-9-12(18-3)8-11(10-15)14(13)20-7-5-17-2/h1-10,15-16H,11H2;8-9H,4-7H2,1-3H3. The van der Waals surface area contributed by atoms with Crippen molar-refractivity contribution >= 4 is 5.97 Å². The van der Waals surface area contributed by atoms with Gasteiger partial charge in [0, 0.05) is 26.4 Å². The summed E-state index contributed by atoms with van der Waals surface area (Å²) < 4.78 is 31.4. The van der Waals surface area contributed by atoms with Crippen LogP contribution in [0.1, 0.15) is 22.8 Å². The van der Waals surface area contributed by atoms with Crippen molar-refractivity contribution in [2.75, 3.05) is 54.4 Å². The molecule has 3 aromatic rings. The first-order valence-corrected chi connectivity index (χ1v) is 11.8. The zero-order valence-corrected chi connectivity index (χ0v) is 21.8. The summed E-state index contributed by atoms with van der Waals surface area (Å²) in [5.74, 6) is 0.747. The van der Waals surface area contributed by atoms with Crippen LogP contribution in [0.25, 0.3) is 0 Å². The van der Waals surface area contributed by atoms with E-state index < -0.39 is 18.7 Å². The molecular weight excluding hydrogens is 490 g/mol. The number of benzene rings is 3. The van der Waals surface area contributed by atoms with E-state index in [-0.39, 0.29) is 0 Å². The van der Waals surface area contributed by atoms with Crippen molar-refractivity contribution in [2.24, 2.45) is 0 Å². The highest BCUT2D eigenvalue weighted by Crippen LogP contribution is 2.35. The Balaban J connectivity index is 0.000000268. The fourth-order valence-electron chi connectivity index (χ4n) is 3.25. The number of hydrogen-bond acceptors (Lipinski definition) is 9. The number of esters is 1. The van der Waals surface area contributed by atoms with Crippen molar-refractivity contribution in [3.05, 3.63) is 89.5 Å². The van der Waals surface area contributed by atoms with E-state index in [4.69, 9.17) is 33.5 Å².